The predicted octanol–water partition coefficient (Wildman–Crippen LogP) is 3.57. The Balaban J connectivity index is 2.12. The summed E-state index contributed by atoms with van der Waals surface area (Å²) in [7, 11) is 1.61. The van der Waals surface area contributed by atoms with Crippen LogP contribution in [0.1, 0.15) is 18.9 Å². The molecule has 0 atom stereocenters. The summed E-state index contributed by atoms with van der Waals surface area (Å²) in [6.45, 7) is 3.54. The highest BCUT2D eigenvalue weighted by atomic mass is 35.5. The Morgan fingerprint density at radius 2 is 1.95 bits per heavy atom. The van der Waals surface area contributed by atoms with E-state index in [1.807, 2.05) is 24.3 Å². The fraction of sp³-hybridized carbons (Fsp3) is 0.333. The lowest BCUT2D eigenvalue weighted by Crippen LogP contribution is -2.09. The topological polar surface area (TPSA) is 59.1 Å². The van der Waals surface area contributed by atoms with Crippen molar-refractivity contribution in [1.82, 2.24) is 9.97 Å². The molecule has 0 fully saturated rings. The molecule has 0 amide bonds. The Morgan fingerprint density at radius 3 is 2.62 bits per heavy atom. The monoisotopic (exact) mass is 306 g/mol. The summed E-state index contributed by atoms with van der Waals surface area (Å²) in [6, 6.07) is 7.69. The smallest absolute Gasteiger partial charge is 0.204 e. The van der Waals surface area contributed by atoms with E-state index in [4.69, 9.17) is 16.3 Å². The van der Waals surface area contributed by atoms with E-state index in [2.05, 4.69) is 27.5 Å². The number of nitrogens with one attached hydrogen (secondary N) is 2. The zero-order chi connectivity index (χ0) is 15.1. The van der Waals surface area contributed by atoms with Crippen LogP contribution in [-0.4, -0.2) is 23.6 Å². The molecule has 2 N–H and O–H groups in total. The van der Waals surface area contributed by atoms with Crippen LogP contribution in [0.4, 0.5) is 11.6 Å². The fourth-order valence-electron chi connectivity index (χ4n) is 1.90. The third kappa shape index (κ3) is 4.23. The lowest BCUT2D eigenvalue weighted by Gasteiger charge is -2.14. The van der Waals surface area contributed by atoms with Gasteiger partial charge in [0.15, 0.2) is 11.6 Å². The van der Waals surface area contributed by atoms with Crippen molar-refractivity contribution >= 4 is 23.2 Å². The van der Waals surface area contributed by atoms with Gasteiger partial charge in [-0.2, -0.15) is 0 Å². The predicted molar refractivity (Wildman–Crippen MR) is 86.1 cm³/mol. The average Bonchev–Trinajstić information content (AvgIpc) is 2.50. The van der Waals surface area contributed by atoms with E-state index in [-0.39, 0.29) is 0 Å². The first-order valence-electron chi connectivity index (χ1n) is 6.85. The molecule has 0 bridgehead atoms. The number of anilines is 2. The van der Waals surface area contributed by atoms with Gasteiger partial charge in [0.25, 0.3) is 0 Å². The van der Waals surface area contributed by atoms with Crippen molar-refractivity contribution < 1.29 is 4.74 Å². The molecule has 2 aromatic rings. The Labute approximate surface area is 129 Å². The number of benzene rings is 1. The molecule has 0 saturated heterocycles. The molecule has 6 heteroatoms. The summed E-state index contributed by atoms with van der Waals surface area (Å²) in [5.74, 6) is 1.97. The van der Waals surface area contributed by atoms with Gasteiger partial charge in [0.05, 0.1) is 7.11 Å². The molecule has 1 heterocycles. The highest BCUT2D eigenvalue weighted by Crippen LogP contribution is 2.29. The third-order valence-corrected chi connectivity index (χ3v) is 3.13. The van der Waals surface area contributed by atoms with Crippen LogP contribution < -0.4 is 15.4 Å². The number of aromatic nitrogens is 2. The zero-order valence-corrected chi connectivity index (χ0v) is 12.9. The van der Waals surface area contributed by atoms with Gasteiger partial charge >= 0.3 is 0 Å². The third-order valence-electron chi connectivity index (χ3n) is 2.90. The highest BCUT2D eigenvalue weighted by molar-refractivity contribution is 6.30. The van der Waals surface area contributed by atoms with E-state index in [0.717, 1.165) is 18.5 Å². The summed E-state index contributed by atoms with van der Waals surface area (Å²) < 4.78 is 5.41. The number of rotatable bonds is 7. The van der Waals surface area contributed by atoms with E-state index >= 15 is 0 Å². The summed E-state index contributed by atoms with van der Waals surface area (Å²) in [5, 5.41) is 7.19. The molecule has 0 saturated carbocycles. The molecule has 1 aromatic carbocycles. The SMILES string of the molecule is CCCNc1ncnc(NCc2cccc(Cl)c2)c1OC. The van der Waals surface area contributed by atoms with Crippen LogP contribution in [0.2, 0.25) is 5.02 Å². The molecular formula is C15H19ClN4O. The van der Waals surface area contributed by atoms with Crippen molar-refractivity contribution in [3.8, 4) is 5.75 Å². The second-order valence-electron chi connectivity index (χ2n) is 4.51. The van der Waals surface area contributed by atoms with E-state index in [0.29, 0.717) is 29.0 Å². The number of halogens is 1. The number of hydrogen-bond acceptors (Lipinski definition) is 5. The maximum absolute atomic E-state index is 5.98. The minimum Gasteiger partial charge on any atom is -0.490 e. The Hall–Kier alpha value is -2.01. The Morgan fingerprint density at radius 1 is 1.19 bits per heavy atom. The normalized spacial score (nSPS) is 10.2. The quantitative estimate of drug-likeness (QED) is 0.819. The Bertz CT molecular complexity index is 592. The second-order valence-corrected chi connectivity index (χ2v) is 4.95. The average molecular weight is 307 g/mol. The Kier molecular flexibility index (Phi) is 5.63. The number of ether oxygens (including phenoxy) is 1. The van der Waals surface area contributed by atoms with E-state index < -0.39 is 0 Å². The molecule has 1 aromatic heterocycles. The first-order valence-corrected chi connectivity index (χ1v) is 7.23. The van der Waals surface area contributed by atoms with Crippen molar-refractivity contribution in [3.63, 3.8) is 0 Å². The molecule has 0 aliphatic carbocycles. The van der Waals surface area contributed by atoms with Gasteiger partial charge in [-0.25, -0.2) is 9.97 Å². The van der Waals surface area contributed by atoms with E-state index in [1.165, 1.54) is 6.33 Å². The van der Waals surface area contributed by atoms with Crippen LogP contribution in [0.25, 0.3) is 0 Å². The van der Waals surface area contributed by atoms with Crippen LogP contribution in [0, 0.1) is 0 Å². The van der Waals surface area contributed by atoms with Gasteiger partial charge in [-0.05, 0) is 24.1 Å². The molecular weight excluding hydrogens is 288 g/mol. The molecule has 0 aliphatic rings. The van der Waals surface area contributed by atoms with Gasteiger partial charge in [0.1, 0.15) is 6.33 Å². The van der Waals surface area contributed by atoms with Gasteiger partial charge in [0, 0.05) is 18.1 Å². The maximum Gasteiger partial charge on any atom is 0.204 e. The first-order chi connectivity index (χ1) is 10.2. The zero-order valence-electron chi connectivity index (χ0n) is 12.2. The molecule has 0 unspecified atom stereocenters. The molecule has 0 radical (unpaired) electrons. The standard InChI is InChI=1S/C15H19ClN4O/c1-3-7-17-14-13(21-2)15(20-10-19-14)18-9-11-5-4-6-12(16)8-11/h4-6,8,10H,3,7,9H2,1-2H3,(H2,17,18,19,20). The minimum absolute atomic E-state index is 0.612. The lowest BCUT2D eigenvalue weighted by molar-refractivity contribution is 0.414. The molecule has 112 valence electrons. The first kappa shape index (κ1) is 15.4. The van der Waals surface area contributed by atoms with Crippen LogP contribution >= 0.6 is 11.6 Å². The summed E-state index contributed by atoms with van der Waals surface area (Å²) in [5.41, 5.74) is 1.08. The number of hydrogen-bond donors (Lipinski definition) is 2. The van der Waals surface area contributed by atoms with Crippen LogP contribution in [-0.2, 0) is 6.54 Å². The number of nitrogens with zero attached hydrogens (tertiary/aromatic N) is 2. The number of methoxy groups -OCH3 is 1. The van der Waals surface area contributed by atoms with Crippen molar-refractivity contribution in [2.75, 3.05) is 24.3 Å². The fourth-order valence-corrected chi connectivity index (χ4v) is 2.11. The van der Waals surface area contributed by atoms with Crippen LogP contribution in [0.3, 0.4) is 0 Å². The molecule has 0 aliphatic heterocycles. The molecule has 0 spiro atoms. The van der Waals surface area contributed by atoms with Gasteiger partial charge in [0.2, 0.25) is 5.75 Å². The summed E-state index contributed by atoms with van der Waals surface area (Å²) in [4.78, 5) is 8.44. The van der Waals surface area contributed by atoms with E-state index in [9.17, 15) is 0 Å². The van der Waals surface area contributed by atoms with Crippen molar-refractivity contribution in [1.29, 1.82) is 0 Å². The van der Waals surface area contributed by atoms with Gasteiger partial charge < -0.3 is 15.4 Å². The largest absolute Gasteiger partial charge is 0.490 e. The van der Waals surface area contributed by atoms with Gasteiger partial charge in [-0.1, -0.05) is 30.7 Å². The van der Waals surface area contributed by atoms with Crippen molar-refractivity contribution in [3.05, 3.63) is 41.2 Å². The van der Waals surface area contributed by atoms with Crippen LogP contribution in [0.5, 0.6) is 5.75 Å². The molecule has 5 nitrogen and oxygen atoms in total. The van der Waals surface area contributed by atoms with Crippen molar-refractivity contribution in [2.45, 2.75) is 19.9 Å². The summed E-state index contributed by atoms with van der Waals surface area (Å²) in [6.07, 6.45) is 2.53. The van der Waals surface area contributed by atoms with Crippen LogP contribution in [0.15, 0.2) is 30.6 Å². The lowest BCUT2D eigenvalue weighted by atomic mass is 10.2. The maximum atomic E-state index is 5.98. The summed E-state index contributed by atoms with van der Waals surface area (Å²) >= 11 is 5.98. The highest BCUT2D eigenvalue weighted by Gasteiger charge is 2.11. The minimum atomic E-state index is 0.612. The molecule has 2 rings (SSSR count). The van der Waals surface area contributed by atoms with Gasteiger partial charge in [-0.3, -0.25) is 0 Å². The second kappa shape index (κ2) is 7.69. The van der Waals surface area contributed by atoms with E-state index in [1.54, 1.807) is 7.11 Å². The molecule has 21 heavy (non-hydrogen) atoms. The van der Waals surface area contributed by atoms with Gasteiger partial charge in [-0.15, -0.1) is 0 Å². The van der Waals surface area contributed by atoms with Crippen molar-refractivity contribution in [2.24, 2.45) is 0 Å².